The van der Waals surface area contributed by atoms with E-state index in [1.54, 1.807) is 0 Å². The molecule has 90 valence electrons. The first-order valence-electron chi connectivity index (χ1n) is 6.90. The lowest BCUT2D eigenvalue weighted by molar-refractivity contribution is 0.377. The second-order valence-electron chi connectivity index (χ2n) is 5.76. The van der Waals surface area contributed by atoms with E-state index >= 15 is 0 Å². The van der Waals surface area contributed by atoms with Crippen LogP contribution in [0.1, 0.15) is 51.4 Å². The molecule has 0 unspecified atom stereocenters. The van der Waals surface area contributed by atoms with Crippen LogP contribution < -0.4 is 5.32 Å². The highest BCUT2D eigenvalue weighted by Gasteiger charge is 2.35. The summed E-state index contributed by atoms with van der Waals surface area (Å²) in [5.41, 5.74) is 0. The van der Waals surface area contributed by atoms with Crippen molar-refractivity contribution in [2.24, 2.45) is 5.92 Å². The van der Waals surface area contributed by atoms with Crippen LogP contribution in [-0.4, -0.2) is 28.6 Å². The van der Waals surface area contributed by atoms with Crippen LogP contribution in [0.3, 0.4) is 0 Å². The second kappa shape index (κ2) is 4.52. The maximum Gasteiger partial charge on any atom is 0.169 e. The Bertz CT molecular complexity index is 265. The molecule has 0 radical (unpaired) electrons. The van der Waals surface area contributed by atoms with Crippen molar-refractivity contribution in [3.05, 3.63) is 0 Å². The third-order valence-electron chi connectivity index (χ3n) is 4.08. The molecule has 3 fully saturated rings. The molecular weight excluding hydrogens is 216 g/mol. The summed E-state index contributed by atoms with van der Waals surface area (Å²) in [5, 5.41) is 4.65. The molecule has 0 spiro atoms. The predicted molar refractivity (Wildman–Crippen MR) is 70.4 cm³/mol. The van der Waals surface area contributed by atoms with Crippen molar-refractivity contribution in [2.45, 2.75) is 63.5 Å². The van der Waals surface area contributed by atoms with Crippen LogP contribution >= 0.6 is 12.2 Å². The van der Waals surface area contributed by atoms with Gasteiger partial charge in [-0.05, 0) is 56.7 Å². The maximum atomic E-state index is 5.59. The Labute approximate surface area is 104 Å². The molecule has 0 saturated heterocycles. The van der Waals surface area contributed by atoms with E-state index in [9.17, 15) is 0 Å². The van der Waals surface area contributed by atoms with Gasteiger partial charge in [0.05, 0.1) is 0 Å². The van der Waals surface area contributed by atoms with E-state index < -0.39 is 0 Å². The Kier molecular flexibility index (Phi) is 3.05. The van der Waals surface area contributed by atoms with Crippen LogP contribution in [0.15, 0.2) is 0 Å². The largest absolute Gasteiger partial charge is 0.360 e. The topological polar surface area (TPSA) is 15.3 Å². The van der Waals surface area contributed by atoms with Gasteiger partial charge in [0.25, 0.3) is 0 Å². The van der Waals surface area contributed by atoms with Crippen molar-refractivity contribution >= 4 is 17.3 Å². The number of thiocarbonyl (C=S) groups is 1. The number of hydrogen-bond acceptors (Lipinski definition) is 1. The summed E-state index contributed by atoms with van der Waals surface area (Å²) in [6, 6.07) is 1.45. The molecule has 16 heavy (non-hydrogen) atoms. The summed E-state index contributed by atoms with van der Waals surface area (Å²) in [4.78, 5) is 2.49. The van der Waals surface area contributed by atoms with Gasteiger partial charge in [-0.1, -0.05) is 12.8 Å². The van der Waals surface area contributed by atoms with Gasteiger partial charge in [0, 0.05) is 18.6 Å². The molecule has 0 aromatic rings. The van der Waals surface area contributed by atoms with Crippen LogP contribution in [0.2, 0.25) is 0 Å². The van der Waals surface area contributed by atoms with Gasteiger partial charge in [-0.25, -0.2) is 0 Å². The fraction of sp³-hybridized carbons (Fsp3) is 0.923. The number of nitrogens with zero attached hydrogens (tertiary/aromatic N) is 1. The summed E-state index contributed by atoms with van der Waals surface area (Å²) in [6.07, 6.45) is 11.0. The van der Waals surface area contributed by atoms with Crippen LogP contribution in [-0.2, 0) is 0 Å². The zero-order valence-electron chi connectivity index (χ0n) is 9.95. The Hall–Kier alpha value is -0.310. The van der Waals surface area contributed by atoms with Crippen LogP contribution in [0.25, 0.3) is 0 Å². The zero-order chi connectivity index (χ0) is 11.0. The number of nitrogens with one attached hydrogen (secondary N) is 1. The highest BCUT2D eigenvalue weighted by Crippen LogP contribution is 2.35. The normalized spacial score (nSPS) is 25.8. The lowest BCUT2D eigenvalue weighted by Gasteiger charge is -2.28. The van der Waals surface area contributed by atoms with Crippen molar-refractivity contribution in [3.63, 3.8) is 0 Å². The van der Waals surface area contributed by atoms with E-state index in [-0.39, 0.29) is 0 Å². The van der Waals surface area contributed by atoms with Crippen molar-refractivity contribution in [3.8, 4) is 0 Å². The Morgan fingerprint density at radius 2 is 1.75 bits per heavy atom. The Morgan fingerprint density at radius 3 is 2.31 bits per heavy atom. The van der Waals surface area contributed by atoms with Crippen molar-refractivity contribution in [1.29, 1.82) is 0 Å². The van der Waals surface area contributed by atoms with Gasteiger partial charge in [0.15, 0.2) is 5.11 Å². The van der Waals surface area contributed by atoms with E-state index in [1.165, 1.54) is 57.9 Å². The lowest BCUT2D eigenvalue weighted by atomic mass is 10.2. The Balaban J connectivity index is 1.52. The molecule has 0 atom stereocenters. The molecule has 0 aromatic heterocycles. The first kappa shape index (κ1) is 10.8. The zero-order valence-corrected chi connectivity index (χ0v) is 10.8. The molecule has 0 aliphatic heterocycles. The molecular formula is C13H22N2S. The minimum Gasteiger partial charge on any atom is -0.360 e. The highest BCUT2D eigenvalue weighted by molar-refractivity contribution is 7.80. The van der Waals surface area contributed by atoms with Crippen molar-refractivity contribution in [2.75, 3.05) is 6.54 Å². The molecule has 0 bridgehead atoms. The van der Waals surface area contributed by atoms with Gasteiger partial charge in [-0.3, -0.25) is 0 Å². The summed E-state index contributed by atoms with van der Waals surface area (Å²) in [6.45, 7) is 1.23. The standard InChI is InChI=1S/C13H22N2S/c16-13(14-11-3-1-2-4-11)15(12-7-8-12)9-10-5-6-10/h10-12H,1-9H2,(H,14,16). The smallest absolute Gasteiger partial charge is 0.169 e. The third-order valence-corrected chi connectivity index (χ3v) is 4.44. The third kappa shape index (κ3) is 2.68. The second-order valence-corrected chi connectivity index (χ2v) is 6.14. The minimum absolute atomic E-state index is 0.674. The monoisotopic (exact) mass is 238 g/mol. The van der Waals surface area contributed by atoms with E-state index in [0.29, 0.717) is 6.04 Å². The minimum atomic E-state index is 0.674. The van der Waals surface area contributed by atoms with Gasteiger partial charge in [0.2, 0.25) is 0 Å². The Morgan fingerprint density at radius 1 is 1.06 bits per heavy atom. The summed E-state index contributed by atoms with van der Waals surface area (Å²) >= 11 is 5.59. The maximum absolute atomic E-state index is 5.59. The van der Waals surface area contributed by atoms with Crippen molar-refractivity contribution < 1.29 is 0 Å². The summed E-state index contributed by atoms with van der Waals surface area (Å²) < 4.78 is 0. The molecule has 3 rings (SSSR count). The van der Waals surface area contributed by atoms with E-state index in [1.807, 2.05) is 0 Å². The lowest BCUT2D eigenvalue weighted by Crippen LogP contribution is -2.45. The van der Waals surface area contributed by atoms with E-state index in [2.05, 4.69) is 10.2 Å². The molecule has 3 aliphatic carbocycles. The van der Waals surface area contributed by atoms with Gasteiger partial charge in [-0.15, -0.1) is 0 Å². The molecule has 0 amide bonds. The SMILES string of the molecule is S=C(NC1CCCC1)N(CC1CC1)C1CC1. The summed E-state index contributed by atoms with van der Waals surface area (Å²) in [7, 11) is 0. The first-order chi connectivity index (χ1) is 7.83. The molecule has 0 aromatic carbocycles. The van der Waals surface area contributed by atoms with Gasteiger partial charge < -0.3 is 10.2 Å². The van der Waals surface area contributed by atoms with Gasteiger partial charge in [0.1, 0.15) is 0 Å². The van der Waals surface area contributed by atoms with Crippen LogP contribution in [0.5, 0.6) is 0 Å². The van der Waals surface area contributed by atoms with Crippen LogP contribution in [0, 0.1) is 5.92 Å². The first-order valence-corrected chi connectivity index (χ1v) is 7.31. The van der Waals surface area contributed by atoms with Crippen molar-refractivity contribution in [1.82, 2.24) is 10.2 Å². The average molecular weight is 238 g/mol. The van der Waals surface area contributed by atoms with Gasteiger partial charge in [-0.2, -0.15) is 0 Å². The fourth-order valence-electron chi connectivity index (χ4n) is 2.69. The molecule has 3 aliphatic rings. The number of rotatable bonds is 4. The summed E-state index contributed by atoms with van der Waals surface area (Å²) in [5.74, 6) is 0.948. The molecule has 3 saturated carbocycles. The molecule has 2 nitrogen and oxygen atoms in total. The molecule has 1 N–H and O–H groups in total. The van der Waals surface area contributed by atoms with Crippen LogP contribution in [0.4, 0.5) is 0 Å². The highest BCUT2D eigenvalue weighted by atomic mass is 32.1. The number of hydrogen-bond donors (Lipinski definition) is 1. The van der Waals surface area contributed by atoms with E-state index in [4.69, 9.17) is 12.2 Å². The average Bonchev–Trinajstić information content (AvgIpc) is 3.17. The van der Waals surface area contributed by atoms with Gasteiger partial charge >= 0.3 is 0 Å². The fourth-order valence-corrected chi connectivity index (χ4v) is 3.08. The van der Waals surface area contributed by atoms with E-state index in [0.717, 1.165) is 17.1 Å². The quantitative estimate of drug-likeness (QED) is 0.758. The predicted octanol–water partition coefficient (Wildman–Crippen LogP) is 2.68. The molecule has 0 heterocycles. The molecule has 3 heteroatoms.